The highest BCUT2D eigenvalue weighted by molar-refractivity contribution is 7.71. The van der Waals surface area contributed by atoms with E-state index in [0.29, 0.717) is 5.69 Å². The van der Waals surface area contributed by atoms with Gasteiger partial charge >= 0.3 is 0 Å². The molecule has 0 spiro atoms. The molecular formula is C10H7FN2O2S. The van der Waals surface area contributed by atoms with Gasteiger partial charge in [-0.3, -0.25) is 9.36 Å². The molecule has 0 saturated carbocycles. The zero-order valence-corrected chi connectivity index (χ0v) is 8.79. The molecule has 4 nitrogen and oxygen atoms in total. The fraction of sp³-hybridized carbons (Fsp3) is 0. The molecule has 1 heterocycles. The van der Waals surface area contributed by atoms with E-state index in [-0.39, 0.29) is 10.7 Å². The van der Waals surface area contributed by atoms with Crippen LogP contribution in [0.4, 0.5) is 4.39 Å². The van der Waals surface area contributed by atoms with E-state index in [1.54, 1.807) is 6.07 Å². The first-order valence-electron chi connectivity index (χ1n) is 4.39. The molecule has 0 radical (unpaired) electrons. The van der Waals surface area contributed by atoms with E-state index >= 15 is 0 Å². The Kier molecular flexibility index (Phi) is 2.57. The molecule has 82 valence electrons. The highest BCUT2D eigenvalue weighted by Crippen LogP contribution is 2.09. The second-order valence-corrected chi connectivity index (χ2v) is 3.50. The number of hydrogen-bond acceptors (Lipinski definition) is 3. The van der Waals surface area contributed by atoms with Crippen LogP contribution in [-0.2, 0) is 0 Å². The average Bonchev–Trinajstić information content (AvgIpc) is 2.15. The predicted octanol–water partition coefficient (Wildman–Crippen LogP) is 1.74. The van der Waals surface area contributed by atoms with Gasteiger partial charge in [0.2, 0.25) is 0 Å². The number of aromatic hydroxyl groups is 1. The van der Waals surface area contributed by atoms with Gasteiger partial charge in [0.25, 0.3) is 5.56 Å². The molecule has 2 rings (SSSR count). The number of aromatic amines is 1. The van der Waals surface area contributed by atoms with Crippen LogP contribution in [-0.4, -0.2) is 14.7 Å². The molecular weight excluding hydrogens is 231 g/mol. The molecule has 2 N–H and O–H groups in total. The Balaban J connectivity index is 2.75. The Morgan fingerprint density at radius 3 is 2.75 bits per heavy atom. The van der Waals surface area contributed by atoms with E-state index in [9.17, 15) is 9.18 Å². The van der Waals surface area contributed by atoms with Crippen molar-refractivity contribution in [3.05, 3.63) is 51.3 Å². The van der Waals surface area contributed by atoms with Crippen LogP contribution in [0.25, 0.3) is 5.69 Å². The maximum atomic E-state index is 13.0. The topological polar surface area (TPSA) is 58.0 Å². The first-order chi connectivity index (χ1) is 7.58. The molecule has 0 aliphatic heterocycles. The van der Waals surface area contributed by atoms with E-state index in [0.717, 1.165) is 10.6 Å². The molecule has 1 aromatic heterocycles. The van der Waals surface area contributed by atoms with Gasteiger partial charge in [0.05, 0.1) is 11.8 Å². The lowest BCUT2D eigenvalue weighted by atomic mass is 10.3. The quantitative estimate of drug-likeness (QED) is 0.744. The van der Waals surface area contributed by atoms with E-state index in [2.05, 4.69) is 4.98 Å². The normalized spacial score (nSPS) is 10.3. The van der Waals surface area contributed by atoms with E-state index in [1.165, 1.54) is 18.2 Å². The number of rotatable bonds is 1. The van der Waals surface area contributed by atoms with Crippen LogP contribution >= 0.6 is 12.2 Å². The Hall–Kier alpha value is -1.95. The SMILES string of the molecule is O=c1cc(O)[nH]c(=S)n1-c1cccc(F)c1. The monoisotopic (exact) mass is 238 g/mol. The van der Waals surface area contributed by atoms with Crippen LogP contribution < -0.4 is 5.56 Å². The molecule has 0 atom stereocenters. The number of H-pyrrole nitrogens is 1. The van der Waals surface area contributed by atoms with Crippen LogP contribution in [0, 0.1) is 10.6 Å². The summed E-state index contributed by atoms with van der Waals surface area (Å²) in [4.78, 5) is 14.0. The maximum absolute atomic E-state index is 13.0. The van der Waals surface area contributed by atoms with Gasteiger partial charge in [0.1, 0.15) is 5.82 Å². The number of nitrogens with one attached hydrogen (secondary N) is 1. The van der Waals surface area contributed by atoms with Crippen molar-refractivity contribution in [1.29, 1.82) is 0 Å². The van der Waals surface area contributed by atoms with E-state index < -0.39 is 11.4 Å². The summed E-state index contributed by atoms with van der Waals surface area (Å²) in [5.74, 6) is -0.783. The highest BCUT2D eigenvalue weighted by atomic mass is 32.1. The van der Waals surface area contributed by atoms with Gasteiger partial charge in [-0.25, -0.2) is 4.39 Å². The minimum Gasteiger partial charge on any atom is -0.494 e. The summed E-state index contributed by atoms with van der Waals surface area (Å²) in [6.07, 6.45) is 0. The lowest BCUT2D eigenvalue weighted by molar-refractivity contribution is 0.448. The molecule has 0 unspecified atom stereocenters. The Bertz CT molecular complexity index is 617. The van der Waals surface area contributed by atoms with Crippen LogP contribution in [0.15, 0.2) is 35.1 Å². The number of aromatic nitrogens is 2. The van der Waals surface area contributed by atoms with E-state index in [4.69, 9.17) is 17.3 Å². The number of nitrogens with zero attached hydrogens (tertiary/aromatic N) is 1. The first kappa shape index (κ1) is 10.6. The van der Waals surface area contributed by atoms with Crippen LogP contribution in [0.2, 0.25) is 0 Å². The number of hydrogen-bond donors (Lipinski definition) is 2. The molecule has 0 amide bonds. The largest absolute Gasteiger partial charge is 0.494 e. The minimum atomic E-state index is -0.521. The van der Waals surface area contributed by atoms with Crippen molar-refractivity contribution in [3.63, 3.8) is 0 Å². The summed E-state index contributed by atoms with van der Waals surface area (Å²) in [7, 11) is 0. The third-order valence-corrected chi connectivity index (χ3v) is 2.27. The first-order valence-corrected chi connectivity index (χ1v) is 4.80. The Morgan fingerprint density at radius 1 is 1.38 bits per heavy atom. The number of halogens is 1. The maximum Gasteiger partial charge on any atom is 0.262 e. The van der Waals surface area contributed by atoms with Crippen molar-refractivity contribution in [3.8, 4) is 11.6 Å². The van der Waals surface area contributed by atoms with Crippen LogP contribution in [0.1, 0.15) is 0 Å². The fourth-order valence-corrected chi connectivity index (χ4v) is 1.64. The molecule has 16 heavy (non-hydrogen) atoms. The molecule has 6 heteroatoms. The summed E-state index contributed by atoms with van der Waals surface area (Å²) < 4.78 is 14.1. The second-order valence-electron chi connectivity index (χ2n) is 3.11. The summed E-state index contributed by atoms with van der Waals surface area (Å²) in [5, 5.41) is 9.11. The van der Waals surface area contributed by atoms with Crippen molar-refractivity contribution >= 4 is 12.2 Å². The van der Waals surface area contributed by atoms with Gasteiger partial charge in [-0.15, -0.1) is 0 Å². The van der Waals surface area contributed by atoms with Crippen LogP contribution in [0.5, 0.6) is 5.88 Å². The van der Waals surface area contributed by atoms with Gasteiger partial charge in [-0.05, 0) is 30.4 Å². The molecule has 0 aliphatic carbocycles. The van der Waals surface area contributed by atoms with Crippen molar-refractivity contribution in [2.75, 3.05) is 0 Å². The van der Waals surface area contributed by atoms with Gasteiger partial charge in [-0.1, -0.05) is 6.07 Å². The van der Waals surface area contributed by atoms with Gasteiger partial charge < -0.3 is 10.1 Å². The molecule has 0 bridgehead atoms. The molecule has 0 fully saturated rings. The van der Waals surface area contributed by atoms with Crippen molar-refractivity contribution < 1.29 is 9.50 Å². The third-order valence-electron chi connectivity index (χ3n) is 1.99. The van der Waals surface area contributed by atoms with Crippen molar-refractivity contribution in [2.24, 2.45) is 0 Å². The molecule has 0 aliphatic rings. The van der Waals surface area contributed by atoms with E-state index in [1.807, 2.05) is 0 Å². The standard InChI is InChI=1S/C10H7FN2O2S/c11-6-2-1-3-7(4-6)13-9(15)5-8(14)12-10(13)16/h1-5,14H,(H,12,16). The number of benzene rings is 1. The highest BCUT2D eigenvalue weighted by Gasteiger charge is 2.04. The summed E-state index contributed by atoms with van der Waals surface area (Å²) in [6, 6.07) is 6.44. The van der Waals surface area contributed by atoms with Crippen molar-refractivity contribution in [2.45, 2.75) is 0 Å². The van der Waals surface area contributed by atoms with Crippen molar-refractivity contribution in [1.82, 2.24) is 9.55 Å². The minimum absolute atomic E-state index is 0.00981. The Morgan fingerprint density at radius 2 is 2.12 bits per heavy atom. The summed E-state index contributed by atoms with van der Waals surface area (Å²) in [5.41, 5.74) is -0.210. The molecule has 2 aromatic rings. The third kappa shape index (κ3) is 1.87. The molecule has 1 aromatic carbocycles. The second kappa shape index (κ2) is 3.90. The lowest BCUT2D eigenvalue weighted by Gasteiger charge is -2.05. The lowest BCUT2D eigenvalue weighted by Crippen LogP contribution is -2.18. The fourth-order valence-electron chi connectivity index (χ4n) is 1.34. The average molecular weight is 238 g/mol. The zero-order valence-electron chi connectivity index (χ0n) is 7.98. The summed E-state index contributed by atoms with van der Waals surface area (Å²) >= 11 is 4.88. The van der Waals surface area contributed by atoms with Gasteiger partial charge in [0, 0.05) is 0 Å². The smallest absolute Gasteiger partial charge is 0.262 e. The Labute approximate surface area is 94.6 Å². The molecule has 0 saturated heterocycles. The summed E-state index contributed by atoms with van der Waals surface area (Å²) in [6.45, 7) is 0. The zero-order chi connectivity index (χ0) is 11.7. The van der Waals surface area contributed by atoms with Crippen LogP contribution in [0.3, 0.4) is 0 Å². The van der Waals surface area contributed by atoms with Gasteiger partial charge in [-0.2, -0.15) is 0 Å². The predicted molar refractivity (Wildman–Crippen MR) is 58.8 cm³/mol. The van der Waals surface area contributed by atoms with Gasteiger partial charge in [0.15, 0.2) is 10.7 Å².